The van der Waals surface area contributed by atoms with Crippen LogP contribution in [0.4, 0.5) is 13.2 Å². The normalized spacial score (nSPS) is 17.5. The Labute approximate surface area is 161 Å². The number of hydrogen-bond acceptors (Lipinski definition) is 4. The van der Waals surface area contributed by atoms with E-state index in [0.717, 1.165) is 18.6 Å². The van der Waals surface area contributed by atoms with Crippen LogP contribution in [0.2, 0.25) is 0 Å². The molecule has 6 nitrogen and oxygen atoms in total. The Morgan fingerprint density at radius 3 is 2.71 bits per heavy atom. The van der Waals surface area contributed by atoms with Crippen molar-refractivity contribution in [2.24, 2.45) is 0 Å². The number of imidazole rings is 1. The first-order valence-electron chi connectivity index (χ1n) is 8.56. The minimum Gasteiger partial charge on any atom is -0.354 e. The number of piperidine rings is 1. The summed E-state index contributed by atoms with van der Waals surface area (Å²) in [6, 6.07) is 4.12. The molecular formula is C18H15F3N4O2S. The molecule has 1 aliphatic rings. The number of nitrogens with zero attached hydrogens (tertiary/aromatic N) is 2. The highest BCUT2D eigenvalue weighted by molar-refractivity contribution is 7.15. The van der Waals surface area contributed by atoms with Gasteiger partial charge < -0.3 is 10.6 Å². The molecule has 10 heteroatoms. The van der Waals surface area contributed by atoms with Crippen LogP contribution in [0.3, 0.4) is 0 Å². The highest BCUT2D eigenvalue weighted by atomic mass is 32.1. The van der Waals surface area contributed by atoms with Crippen LogP contribution in [0.15, 0.2) is 35.8 Å². The number of halogens is 3. The summed E-state index contributed by atoms with van der Waals surface area (Å²) >= 11 is 1.24. The Kier molecular flexibility index (Phi) is 4.58. The molecule has 1 aromatic carbocycles. The smallest absolute Gasteiger partial charge is 0.354 e. The molecular weight excluding hydrogens is 393 g/mol. The third-order valence-corrected chi connectivity index (χ3v) is 5.38. The van der Waals surface area contributed by atoms with E-state index in [0.29, 0.717) is 34.9 Å². The van der Waals surface area contributed by atoms with Crippen LogP contribution < -0.4 is 10.6 Å². The molecule has 1 atom stereocenters. The van der Waals surface area contributed by atoms with Crippen molar-refractivity contribution in [1.82, 2.24) is 20.0 Å². The largest absolute Gasteiger partial charge is 0.416 e. The number of aromatic nitrogens is 2. The molecule has 2 amide bonds. The minimum absolute atomic E-state index is 0.206. The predicted molar refractivity (Wildman–Crippen MR) is 97.0 cm³/mol. The SMILES string of the molecule is O=C(NC1CCCNC1=O)c1csc2nc(-c3ccc(C(F)(F)F)cc3)cn12. The number of carbonyl (C=O) groups is 2. The van der Waals surface area contributed by atoms with Crippen LogP contribution in [-0.2, 0) is 11.0 Å². The molecule has 0 aliphatic carbocycles. The molecule has 4 rings (SSSR count). The van der Waals surface area contributed by atoms with E-state index in [1.54, 1.807) is 16.0 Å². The zero-order valence-electron chi connectivity index (χ0n) is 14.4. The van der Waals surface area contributed by atoms with E-state index < -0.39 is 23.7 Å². The van der Waals surface area contributed by atoms with Gasteiger partial charge in [0.15, 0.2) is 4.96 Å². The first-order chi connectivity index (χ1) is 13.3. The third-order valence-electron chi connectivity index (χ3n) is 4.54. The summed E-state index contributed by atoms with van der Waals surface area (Å²) in [6.45, 7) is 0.603. The molecule has 1 unspecified atom stereocenters. The Bertz CT molecular complexity index is 1040. The molecule has 3 heterocycles. The zero-order chi connectivity index (χ0) is 19.9. The topological polar surface area (TPSA) is 75.5 Å². The van der Waals surface area contributed by atoms with Crippen LogP contribution in [0.5, 0.6) is 0 Å². The second kappa shape index (κ2) is 6.93. The van der Waals surface area contributed by atoms with Gasteiger partial charge in [-0.3, -0.25) is 14.0 Å². The predicted octanol–water partition coefficient (Wildman–Crippen LogP) is 3.09. The van der Waals surface area contributed by atoms with E-state index in [1.807, 2.05) is 0 Å². The van der Waals surface area contributed by atoms with Crippen molar-refractivity contribution in [2.75, 3.05) is 6.54 Å². The number of hydrogen-bond donors (Lipinski definition) is 2. The maximum Gasteiger partial charge on any atom is 0.416 e. The van der Waals surface area contributed by atoms with Crippen molar-refractivity contribution < 1.29 is 22.8 Å². The lowest BCUT2D eigenvalue weighted by Crippen LogP contribution is -2.50. The molecule has 1 fully saturated rings. The molecule has 0 bridgehead atoms. The fourth-order valence-corrected chi connectivity index (χ4v) is 3.91. The first-order valence-corrected chi connectivity index (χ1v) is 9.44. The van der Waals surface area contributed by atoms with Crippen molar-refractivity contribution in [1.29, 1.82) is 0 Å². The summed E-state index contributed by atoms with van der Waals surface area (Å²) in [4.78, 5) is 29.3. The van der Waals surface area contributed by atoms with Crippen LogP contribution >= 0.6 is 11.3 Å². The Morgan fingerprint density at radius 2 is 2.04 bits per heavy atom. The second-order valence-corrected chi connectivity index (χ2v) is 7.27. The molecule has 0 radical (unpaired) electrons. The monoisotopic (exact) mass is 408 g/mol. The lowest BCUT2D eigenvalue weighted by molar-refractivity contribution is -0.137. The van der Waals surface area contributed by atoms with Crippen molar-refractivity contribution in [3.63, 3.8) is 0 Å². The van der Waals surface area contributed by atoms with Gasteiger partial charge in [0.25, 0.3) is 5.91 Å². The minimum atomic E-state index is -4.40. The molecule has 2 aromatic heterocycles. The molecule has 0 saturated carbocycles. The van der Waals surface area contributed by atoms with Gasteiger partial charge in [0, 0.05) is 23.7 Å². The Balaban J connectivity index is 1.58. The average Bonchev–Trinajstić information content (AvgIpc) is 3.23. The van der Waals surface area contributed by atoms with Crippen molar-refractivity contribution in [2.45, 2.75) is 25.1 Å². The van der Waals surface area contributed by atoms with Crippen molar-refractivity contribution in [3.8, 4) is 11.3 Å². The quantitative estimate of drug-likeness (QED) is 0.699. The van der Waals surface area contributed by atoms with Crippen LogP contribution in [0, 0.1) is 0 Å². The molecule has 0 spiro atoms. The summed E-state index contributed by atoms with van der Waals surface area (Å²) in [5, 5.41) is 7.06. The van der Waals surface area contributed by atoms with Gasteiger partial charge in [0.1, 0.15) is 11.7 Å². The second-order valence-electron chi connectivity index (χ2n) is 6.43. The Hall–Kier alpha value is -2.88. The summed E-state index contributed by atoms with van der Waals surface area (Å²) in [5.74, 6) is -0.605. The van der Waals surface area contributed by atoms with Crippen LogP contribution in [0.1, 0.15) is 28.9 Å². The molecule has 3 aromatic rings. The summed E-state index contributed by atoms with van der Waals surface area (Å²) in [7, 11) is 0. The van der Waals surface area contributed by atoms with Crippen LogP contribution in [-0.4, -0.2) is 33.8 Å². The van der Waals surface area contributed by atoms with Crippen molar-refractivity contribution >= 4 is 28.1 Å². The number of thiazole rings is 1. The number of carbonyl (C=O) groups excluding carboxylic acids is 2. The molecule has 28 heavy (non-hydrogen) atoms. The lowest BCUT2D eigenvalue weighted by Gasteiger charge is -2.22. The fourth-order valence-electron chi connectivity index (χ4n) is 3.06. The zero-order valence-corrected chi connectivity index (χ0v) is 15.2. The number of nitrogens with one attached hydrogen (secondary N) is 2. The Morgan fingerprint density at radius 1 is 1.29 bits per heavy atom. The molecule has 1 saturated heterocycles. The number of amides is 2. The maximum atomic E-state index is 12.7. The van der Waals surface area contributed by atoms with E-state index in [2.05, 4.69) is 15.6 Å². The van der Waals surface area contributed by atoms with Gasteiger partial charge in [0.05, 0.1) is 11.3 Å². The standard InChI is InChI=1S/C18H15F3N4O2S/c19-18(20,21)11-5-3-10(4-6-11)13-8-25-14(9-28-17(25)24-13)16(27)23-12-2-1-7-22-15(12)26/h3-6,8-9,12H,1-2,7H2,(H,22,26)(H,23,27). The lowest BCUT2D eigenvalue weighted by atomic mass is 10.1. The summed E-state index contributed by atoms with van der Waals surface area (Å²) in [5.41, 5.74) is 0.569. The van der Waals surface area contributed by atoms with E-state index >= 15 is 0 Å². The highest BCUT2D eigenvalue weighted by Gasteiger charge is 2.30. The average molecular weight is 408 g/mol. The van der Waals surface area contributed by atoms with Gasteiger partial charge in [-0.25, -0.2) is 4.98 Å². The highest BCUT2D eigenvalue weighted by Crippen LogP contribution is 2.31. The van der Waals surface area contributed by atoms with Crippen molar-refractivity contribution in [3.05, 3.63) is 47.1 Å². The van der Waals surface area contributed by atoms with Gasteiger partial charge in [-0.1, -0.05) is 12.1 Å². The van der Waals surface area contributed by atoms with E-state index in [4.69, 9.17) is 0 Å². The molecule has 146 valence electrons. The number of fused-ring (bicyclic) bond motifs is 1. The van der Waals surface area contributed by atoms with Gasteiger partial charge >= 0.3 is 6.18 Å². The van der Waals surface area contributed by atoms with Gasteiger partial charge in [-0.2, -0.15) is 13.2 Å². The van der Waals surface area contributed by atoms with Gasteiger partial charge in [-0.15, -0.1) is 11.3 Å². The molecule has 1 aliphatic heterocycles. The number of benzene rings is 1. The fraction of sp³-hybridized carbons (Fsp3) is 0.278. The van der Waals surface area contributed by atoms with E-state index in [9.17, 15) is 22.8 Å². The van der Waals surface area contributed by atoms with E-state index in [-0.39, 0.29) is 5.91 Å². The molecule has 2 N–H and O–H groups in total. The third kappa shape index (κ3) is 3.47. The summed E-state index contributed by atoms with van der Waals surface area (Å²) in [6.07, 6.45) is -1.43. The number of alkyl halides is 3. The van der Waals surface area contributed by atoms with E-state index in [1.165, 1.54) is 23.5 Å². The van der Waals surface area contributed by atoms with Crippen LogP contribution in [0.25, 0.3) is 16.2 Å². The summed E-state index contributed by atoms with van der Waals surface area (Å²) < 4.78 is 39.7. The van der Waals surface area contributed by atoms with Gasteiger partial charge in [0.2, 0.25) is 5.91 Å². The maximum absolute atomic E-state index is 12.7. The first kappa shape index (κ1) is 18.5. The van der Waals surface area contributed by atoms with Gasteiger partial charge in [-0.05, 0) is 25.0 Å². The number of rotatable bonds is 3.